The summed E-state index contributed by atoms with van der Waals surface area (Å²) in [6, 6.07) is 3.58. The Labute approximate surface area is 95.7 Å². The molecule has 1 aromatic rings. The molecule has 3 N–H and O–H groups in total. The first-order chi connectivity index (χ1) is 7.56. The standard InChI is InChI=1S/C11H18N4O/c1-8(11(16)13-2)7-15(3)10-9(12)5-4-6-14-10/h4-6,8H,7,12H2,1-3H3,(H,13,16). The van der Waals surface area contributed by atoms with E-state index in [0.717, 1.165) is 0 Å². The molecule has 1 aromatic heterocycles. The second kappa shape index (κ2) is 5.34. The van der Waals surface area contributed by atoms with Crippen LogP contribution in [0.5, 0.6) is 0 Å². The zero-order chi connectivity index (χ0) is 12.1. The average molecular weight is 222 g/mol. The number of carbonyl (C=O) groups is 1. The SMILES string of the molecule is CNC(=O)C(C)CN(C)c1ncccc1N. The normalized spacial score (nSPS) is 11.9. The Bertz CT molecular complexity index is 367. The molecular weight excluding hydrogens is 204 g/mol. The maximum absolute atomic E-state index is 11.4. The van der Waals surface area contributed by atoms with E-state index in [4.69, 9.17) is 5.73 Å². The molecule has 1 unspecified atom stereocenters. The van der Waals surface area contributed by atoms with Gasteiger partial charge in [-0.15, -0.1) is 0 Å². The van der Waals surface area contributed by atoms with Crippen LogP contribution in [0.15, 0.2) is 18.3 Å². The van der Waals surface area contributed by atoms with Crippen LogP contribution in [-0.4, -0.2) is 31.5 Å². The van der Waals surface area contributed by atoms with Crippen LogP contribution in [0, 0.1) is 5.92 Å². The second-order valence-corrected chi connectivity index (χ2v) is 3.81. The lowest BCUT2D eigenvalue weighted by Crippen LogP contribution is -2.34. The minimum Gasteiger partial charge on any atom is -0.396 e. The molecule has 1 atom stereocenters. The largest absolute Gasteiger partial charge is 0.396 e. The molecule has 0 spiro atoms. The number of nitrogens with one attached hydrogen (secondary N) is 1. The molecule has 88 valence electrons. The predicted molar refractivity (Wildman–Crippen MR) is 65.2 cm³/mol. The van der Waals surface area contributed by atoms with E-state index in [0.29, 0.717) is 18.1 Å². The quantitative estimate of drug-likeness (QED) is 0.777. The third-order valence-electron chi connectivity index (χ3n) is 2.42. The highest BCUT2D eigenvalue weighted by Crippen LogP contribution is 2.18. The fourth-order valence-corrected chi connectivity index (χ4v) is 1.55. The minimum absolute atomic E-state index is 0.0151. The van der Waals surface area contributed by atoms with Gasteiger partial charge < -0.3 is 16.0 Å². The lowest BCUT2D eigenvalue weighted by atomic mass is 10.1. The van der Waals surface area contributed by atoms with E-state index >= 15 is 0 Å². The highest BCUT2D eigenvalue weighted by molar-refractivity contribution is 5.78. The number of rotatable bonds is 4. The van der Waals surface area contributed by atoms with Gasteiger partial charge in [-0.1, -0.05) is 6.92 Å². The summed E-state index contributed by atoms with van der Waals surface area (Å²) in [5, 5.41) is 2.62. The molecular formula is C11H18N4O. The molecule has 0 saturated heterocycles. The third-order valence-corrected chi connectivity index (χ3v) is 2.42. The van der Waals surface area contributed by atoms with Crippen molar-refractivity contribution < 1.29 is 4.79 Å². The number of nitrogen functional groups attached to an aromatic ring is 1. The van der Waals surface area contributed by atoms with E-state index in [-0.39, 0.29) is 11.8 Å². The third kappa shape index (κ3) is 2.85. The van der Waals surface area contributed by atoms with Crippen LogP contribution in [0.4, 0.5) is 11.5 Å². The zero-order valence-electron chi connectivity index (χ0n) is 9.90. The Balaban J connectivity index is 2.69. The molecule has 1 rings (SSSR count). The first-order valence-corrected chi connectivity index (χ1v) is 5.19. The van der Waals surface area contributed by atoms with Gasteiger partial charge in [-0.05, 0) is 12.1 Å². The van der Waals surface area contributed by atoms with Crippen molar-refractivity contribution in [2.24, 2.45) is 5.92 Å². The summed E-state index contributed by atoms with van der Waals surface area (Å²) < 4.78 is 0. The maximum Gasteiger partial charge on any atom is 0.224 e. The van der Waals surface area contributed by atoms with E-state index in [1.807, 2.05) is 18.9 Å². The molecule has 1 amide bonds. The van der Waals surface area contributed by atoms with Crippen molar-refractivity contribution in [3.8, 4) is 0 Å². The van der Waals surface area contributed by atoms with Gasteiger partial charge in [0.15, 0.2) is 5.82 Å². The van der Waals surface area contributed by atoms with Crippen molar-refractivity contribution in [2.75, 3.05) is 31.3 Å². The summed E-state index contributed by atoms with van der Waals surface area (Å²) in [5.74, 6) is 0.621. The lowest BCUT2D eigenvalue weighted by molar-refractivity contribution is -0.123. The second-order valence-electron chi connectivity index (χ2n) is 3.81. The fourth-order valence-electron chi connectivity index (χ4n) is 1.55. The Kier molecular flexibility index (Phi) is 4.10. The van der Waals surface area contributed by atoms with Crippen molar-refractivity contribution in [3.63, 3.8) is 0 Å². The Morgan fingerprint density at radius 2 is 2.38 bits per heavy atom. The molecule has 0 aromatic carbocycles. The highest BCUT2D eigenvalue weighted by Gasteiger charge is 2.15. The summed E-state index contributed by atoms with van der Waals surface area (Å²) in [6.45, 7) is 2.45. The first kappa shape index (κ1) is 12.3. The van der Waals surface area contributed by atoms with Crippen molar-refractivity contribution in [1.29, 1.82) is 0 Å². The number of carbonyl (C=O) groups excluding carboxylic acids is 1. The fraction of sp³-hybridized carbons (Fsp3) is 0.455. The molecule has 0 fully saturated rings. The summed E-state index contributed by atoms with van der Waals surface area (Å²) in [5.41, 5.74) is 6.42. The van der Waals surface area contributed by atoms with Crippen LogP contribution in [-0.2, 0) is 4.79 Å². The molecule has 0 saturated carbocycles. The smallest absolute Gasteiger partial charge is 0.224 e. The van der Waals surface area contributed by atoms with Crippen LogP contribution < -0.4 is 16.0 Å². The van der Waals surface area contributed by atoms with Gasteiger partial charge >= 0.3 is 0 Å². The number of nitrogens with two attached hydrogens (primary N) is 1. The monoisotopic (exact) mass is 222 g/mol. The lowest BCUT2D eigenvalue weighted by Gasteiger charge is -2.22. The van der Waals surface area contributed by atoms with Crippen molar-refractivity contribution in [1.82, 2.24) is 10.3 Å². The molecule has 5 nitrogen and oxygen atoms in total. The number of aromatic nitrogens is 1. The van der Waals surface area contributed by atoms with Gasteiger partial charge in [-0.3, -0.25) is 4.79 Å². The van der Waals surface area contributed by atoms with Gasteiger partial charge in [0.25, 0.3) is 0 Å². The number of pyridine rings is 1. The van der Waals surface area contributed by atoms with E-state index < -0.39 is 0 Å². The average Bonchev–Trinajstić information content (AvgIpc) is 2.28. The molecule has 0 aliphatic carbocycles. The number of hydrogen-bond donors (Lipinski definition) is 2. The summed E-state index contributed by atoms with van der Waals surface area (Å²) >= 11 is 0. The number of hydrogen-bond acceptors (Lipinski definition) is 4. The topological polar surface area (TPSA) is 71.2 Å². The van der Waals surface area contributed by atoms with Gasteiger partial charge in [-0.25, -0.2) is 4.98 Å². The van der Waals surface area contributed by atoms with Crippen LogP contribution >= 0.6 is 0 Å². The Hall–Kier alpha value is -1.78. The van der Waals surface area contributed by atoms with Gasteiger partial charge in [0.05, 0.1) is 11.6 Å². The molecule has 16 heavy (non-hydrogen) atoms. The number of nitrogens with zero attached hydrogens (tertiary/aromatic N) is 2. The van der Waals surface area contributed by atoms with Crippen molar-refractivity contribution in [3.05, 3.63) is 18.3 Å². The van der Waals surface area contributed by atoms with Gasteiger partial charge in [-0.2, -0.15) is 0 Å². The van der Waals surface area contributed by atoms with Crippen LogP contribution in [0.3, 0.4) is 0 Å². The number of anilines is 2. The molecule has 0 aliphatic rings. The molecule has 0 aliphatic heterocycles. The molecule has 0 bridgehead atoms. The number of amides is 1. The van der Waals surface area contributed by atoms with E-state index in [1.54, 1.807) is 25.4 Å². The van der Waals surface area contributed by atoms with E-state index in [1.165, 1.54) is 0 Å². The van der Waals surface area contributed by atoms with Crippen molar-refractivity contribution in [2.45, 2.75) is 6.92 Å². The van der Waals surface area contributed by atoms with Gasteiger partial charge in [0, 0.05) is 26.8 Å². The summed E-state index contributed by atoms with van der Waals surface area (Å²) in [4.78, 5) is 17.4. The Morgan fingerprint density at radius 1 is 1.69 bits per heavy atom. The first-order valence-electron chi connectivity index (χ1n) is 5.19. The van der Waals surface area contributed by atoms with Gasteiger partial charge in [0.1, 0.15) is 0 Å². The Morgan fingerprint density at radius 3 is 2.94 bits per heavy atom. The zero-order valence-corrected chi connectivity index (χ0v) is 9.90. The van der Waals surface area contributed by atoms with Crippen LogP contribution in [0.2, 0.25) is 0 Å². The molecule has 0 radical (unpaired) electrons. The summed E-state index contributed by atoms with van der Waals surface area (Å²) in [6.07, 6.45) is 1.69. The van der Waals surface area contributed by atoms with Crippen LogP contribution in [0.25, 0.3) is 0 Å². The summed E-state index contributed by atoms with van der Waals surface area (Å²) in [7, 11) is 3.51. The minimum atomic E-state index is -0.101. The highest BCUT2D eigenvalue weighted by atomic mass is 16.1. The van der Waals surface area contributed by atoms with Crippen molar-refractivity contribution >= 4 is 17.4 Å². The van der Waals surface area contributed by atoms with Crippen LogP contribution in [0.1, 0.15) is 6.92 Å². The van der Waals surface area contributed by atoms with Gasteiger partial charge in [0.2, 0.25) is 5.91 Å². The van der Waals surface area contributed by atoms with E-state index in [2.05, 4.69) is 10.3 Å². The molecule has 1 heterocycles. The van der Waals surface area contributed by atoms with E-state index in [9.17, 15) is 4.79 Å². The molecule has 5 heteroatoms. The predicted octanol–water partition coefficient (Wildman–Crippen LogP) is 0.482. The maximum atomic E-state index is 11.4.